The number of aliphatic hydroxyl groups is 2. The van der Waals surface area contributed by atoms with Crippen LogP contribution in [0.1, 0.15) is 36.0 Å². The van der Waals surface area contributed by atoms with E-state index in [1.165, 1.54) is 10.9 Å². The number of aromatic nitrogens is 2. The van der Waals surface area contributed by atoms with Crippen molar-refractivity contribution in [2.75, 3.05) is 26.2 Å². The smallest absolute Gasteiger partial charge is 0.323 e. The first kappa shape index (κ1) is 36.8. The summed E-state index contributed by atoms with van der Waals surface area (Å²) in [5.41, 5.74) is 5.76. The number of hydrogen-bond acceptors (Lipinski definition) is 8. The average Bonchev–Trinajstić information content (AvgIpc) is 3.56. The summed E-state index contributed by atoms with van der Waals surface area (Å²) in [6.45, 7) is 3.87. The Morgan fingerprint density at radius 3 is 2.53 bits per heavy atom. The largest absolute Gasteiger partial charge is 0.488 e. The van der Waals surface area contributed by atoms with Crippen LogP contribution >= 0.6 is 27.5 Å². The van der Waals surface area contributed by atoms with Gasteiger partial charge in [-0.25, -0.2) is 0 Å². The lowest BCUT2D eigenvalue weighted by Gasteiger charge is -2.29. The predicted octanol–water partition coefficient (Wildman–Crippen LogP) is 6.66. The molecule has 2 aromatic heterocycles. The van der Waals surface area contributed by atoms with Crippen LogP contribution in [0.5, 0.6) is 11.5 Å². The average molecular weight is 778 g/mol. The number of fused-ring (bicyclic) bond motifs is 1. The number of carboxylic acid groups (broad SMARTS) is 1. The molecule has 1 aliphatic heterocycles. The number of aryl methyl sites for hydroxylation is 1. The van der Waals surface area contributed by atoms with Crippen molar-refractivity contribution in [3.8, 4) is 22.6 Å². The van der Waals surface area contributed by atoms with Gasteiger partial charge in [-0.3, -0.25) is 15.1 Å². The fourth-order valence-electron chi connectivity index (χ4n) is 6.38. The molecule has 1 aliphatic rings. The molecule has 0 spiro atoms. The van der Waals surface area contributed by atoms with E-state index in [1.54, 1.807) is 24.5 Å². The van der Waals surface area contributed by atoms with Crippen molar-refractivity contribution in [3.05, 3.63) is 112 Å². The number of nitrogens with zero attached hydrogens (tertiary/aromatic N) is 3. The van der Waals surface area contributed by atoms with Gasteiger partial charge in [-0.15, -0.1) is 0 Å². The molecule has 12 heteroatoms. The molecule has 1 saturated heterocycles. The Bertz CT molecular complexity index is 1930. The van der Waals surface area contributed by atoms with Gasteiger partial charge in [0, 0.05) is 82.9 Å². The Kier molecular flexibility index (Phi) is 12.6. The van der Waals surface area contributed by atoms with Crippen LogP contribution in [0.2, 0.25) is 5.02 Å². The molecule has 6 rings (SSSR count). The van der Waals surface area contributed by atoms with Crippen LogP contribution in [0.15, 0.2) is 89.8 Å². The first-order chi connectivity index (χ1) is 24.8. The summed E-state index contributed by atoms with van der Waals surface area (Å²) in [7, 11) is 0. The van der Waals surface area contributed by atoms with Crippen LogP contribution < -0.4 is 14.8 Å². The number of aliphatic hydroxyl groups excluding tert-OH is 2. The third-order valence-corrected chi connectivity index (χ3v) is 10.5. The Morgan fingerprint density at radius 1 is 0.980 bits per heavy atom. The summed E-state index contributed by atoms with van der Waals surface area (Å²) >= 11 is 10.6. The fraction of sp³-hybridized carbons (Fsp3) is 0.333. The highest BCUT2D eigenvalue weighted by Gasteiger charge is 2.20. The normalized spacial score (nSPS) is 14.5. The molecule has 51 heavy (non-hydrogen) atoms. The van der Waals surface area contributed by atoms with Crippen LogP contribution in [0.25, 0.3) is 22.0 Å². The van der Waals surface area contributed by atoms with Crippen LogP contribution in [0.4, 0.5) is 0 Å². The Morgan fingerprint density at radius 2 is 1.76 bits per heavy atom. The van der Waals surface area contributed by atoms with Crippen molar-refractivity contribution in [2.24, 2.45) is 0 Å². The quantitative estimate of drug-likeness (QED) is 0.0870. The summed E-state index contributed by atoms with van der Waals surface area (Å²) in [5.74, 6) is -0.281. The highest BCUT2D eigenvalue weighted by molar-refractivity contribution is 9.10. The lowest BCUT2D eigenvalue weighted by molar-refractivity contribution is -0.140. The molecule has 1 atom stereocenters. The van der Waals surface area contributed by atoms with Crippen molar-refractivity contribution in [2.45, 2.75) is 57.7 Å². The van der Waals surface area contributed by atoms with E-state index in [0.717, 1.165) is 72.2 Å². The van der Waals surface area contributed by atoms with Crippen molar-refractivity contribution in [3.63, 3.8) is 0 Å². The summed E-state index contributed by atoms with van der Waals surface area (Å²) in [6.07, 6.45) is 8.16. The molecule has 4 N–H and O–H groups in total. The predicted molar refractivity (Wildman–Crippen MR) is 201 cm³/mol. The van der Waals surface area contributed by atoms with E-state index in [2.05, 4.69) is 72.2 Å². The van der Waals surface area contributed by atoms with Gasteiger partial charge in [0.15, 0.2) is 0 Å². The fourth-order valence-corrected chi connectivity index (χ4v) is 7.22. The number of rotatable bonds is 16. The van der Waals surface area contributed by atoms with Gasteiger partial charge >= 0.3 is 5.97 Å². The van der Waals surface area contributed by atoms with Crippen molar-refractivity contribution >= 4 is 44.4 Å². The van der Waals surface area contributed by atoms with Crippen molar-refractivity contribution in [1.82, 2.24) is 19.8 Å². The van der Waals surface area contributed by atoms with Crippen LogP contribution in [-0.4, -0.2) is 74.1 Å². The third-order valence-electron chi connectivity index (χ3n) is 9.25. The highest BCUT2D eigenvalue weighted by Crippen LogP contribution is 2.38. The van der Waals surface area contributed by atoms with E-state index in [-0.39, 0.29) is 25.9 Å². The maximum Gasteiger partial charge on any atom is 0.323 e. The van der Waals surface area contributed by atoms with E-state index >= 15 is 0 Å². The van der Waals surface area contributed by atoms with E-state index in [0.29, 0.717) is 22.1 Å². The summed E-state index contributed by atoms with van der Waals surface area (Å²) in [4.78, 5) is 18.1. The minimum Gasteiger partial charge on any atom is -0.488 e. The van der Waals surface area contributed by atoms with Gasteiger partial charge in [0.25, 0.3) is 0 Å². The number of aliphatic carboxylic acids is 1. The minimum atomic E-state index is -1.16. The Hall–Kier alpha value is -3.97. The molecule has 0 bridgehead atoms. The lowest BCUT2D eigenvalue weighted by atomic mass is 10.00. The highest BCUT2D eigenvalue weighted by atomic mass is 79.9. The Balaban J connectivity index is 1.18. The molecule has 0 unspecified atom stereocenters. The number of halogens is 2. The zero-order chi connectivity index (χ0) is 35.7. The maximum absolute atomic E-state index is 11.5. The van der Waals surface area contributed by atoms with Gasteiger partial charge in [0.1, 0.15) is 30.8 Å². The SMILES string of the molecule is O=C(O)[C@H](CO)NCc1cc(Cl)c(OCc2cccc(-c3cccc4c3ccn4CCCN3CCC(O)CC3)c2Br)cc1OCc1cccnc1. The third kappa shape index (κ3) is 9.29. The van der Waals surface area contributed by atoms with E-state index < -0.39 is 18.6 Å². The van der Waals surface area contributed by atoms with E-state index in [9.17, 15) is 20.1 Å². The number of carbonyl (C=O) groups is 1. The maximum atomic E-state index is 11.5. The van der Waals surface area contributed by atoms with Gasteiger partial charge in [-0.05, 0) is 77.1 Å². The number of likely N-dealkylation sites (tertiary alicyclic amines) is 1. The molecule has 3 aromatic carbocycles. The molecular weight excluding hydrogens is 736 g/mol. The zero-order valence-corrected chi connectivity index (χ0v) is 30.5. The number of benzene rings is 3. The number of pyridine rings is 1. The second kappa shape index (κ2) is 17.5. The van der Waals surface area contributed by atoms with Gasteiger partial charge in [-0.2, -0.15) is 0 Å². The molecule has 0 radical (unpaired) electrons. The first-order valence-electron chi connectivity index (χ1n) is 17.1. The standard InChI is InChI=1S/C39H42BrClN4O6/c40-38-27(6-1-8-32(38)30-7-2-9-35-31(30)12-18-45(35)15-4-14-44-16-10-29(47)11-17-44)25-51-37-20-36(50-24-26-5-3-13-42-21-26)28(19-33(37)41)22-43-34(23-46)39(48)49/h1-3,5-9,12-13,18-21,29,34,43,46-47H,4,10-11,14-17,22-25H2,(H,48,49)/t34-/m0/s1. The van der Waals surface area contributed by atoms with Crippen molar-refractivity contribution in [1.29, 1.82) is 0 Å². The second-order valence-corrected chi connectivity index (χ2v) is 13.9. The van der Waals surface area contributed by atoms with Gasteiger partial charge < -0.3 is 34.3 Å². The summed E-state index contributed by atoms with van der Waals surface area (Å²) < 4.78 is 15.7. The van der Waals surface area contributed by atoms with Crippen LogP contribution in [-0.2, 0) is 31.1 Å². The van der Waals surface area contributed by atoms with Crippen LogP contribution in [0, 0.1) is 0 Å². The topological polar surface area (TPSA) is 129 Å². The van der Waals surface area contributed by atoms with Gasteiger partial charge in [0.2, 0.25) is 0 Å². The molecule has 268 valence electrons. The molecule has 3 heterocycles. The minimum absolute atomic E-state index is 0.101. The number of hydrogen-bond donors (Lipinski definition) is 4. The lowest BCUT2D eigenvalue weighted by Crippen LogP contribution is -2.39. The number of nitrogens with one attached hydrogen (secondary N) is 1. The molecule has 1 fully saturated rings. The molecular formula is C39H42BrClN4O6. The monoisotopic (exact) mass is 776 g/mol. The number of carboxylic acids is 1. The second-order valence-electron chi connectivity index (χ2n) is 12.7. The number of ether oxygens (including phenoxy) is 2. The summed E-state index contributed by atoms with van der Waals surface area (Å²) in [6, 6.07) is 20.7. The number of piperidine rings is 1. The van der Waals surface area contributed by atoms with Crippen molar-refractivity contribution < 1.29 is 29.6 Å². The molecule has 10 nitrogen and oxygen atoms in total. The molecule has 0 aliphatic carbocycles. The van der Waals surface area contributed by atoms with Gasteiger partial charge in [-0.1, -0.05) is 48.0 Å². The zero-order valence-electron chi connectivity index (χ0n) is 28.2. The molecule has 0 saturated carbocycles. The molecule has 0 amide bonds. The first-order valence-corrected chi connectivity index (χ1v) is 18.3. The van der Waals surface area contributed by atoms with Crippen LogP contribution in [0.3, 0.4) is 0 Å². The molecule has 5 aromatic rings. The Labute approximate surface area is 310 Å². The van der Waals surface area contributed by atoms with E-state index in [4.69, 9.17) is 21.1 Å². The van der Waals surface area contributed by atoms with E-state index in [1.807, 2.05) is 24.3 Å². The summed E-state index contributed by atoms with van der Waals surface area (Å²) in [5, 5.41) is 33.0. The van der Waals surface area contributed by atoms with Gasteiger partial charge in [0.05, 0.1) is 17.7 Å².